The maximum absolute atomic E-state index is 8.06. The second-order valence-electron chi connectivity index (χ2n) is 6.61. The van der Waals surface area contributed by atoms with Gasteiger partial charge in [0.25, 0.3) is 0 Å². The summed E-state index contributed by atoms with van der Waals surface area (Å²) < 4.78 is 12.3. The second kappa shape index (κ2) is 8.57. The summed E-state index contributed by atoms with van der Waals surface area (Å²) in [6.45, 7) is 23.1. The van der Waals surface area contributed by atoms with Crippen molar-refractivity contribution in [1.82, 2.24) is 0 Å². The third kappa shape index (κ3) is 7.04. The molecule has 0 rings (SSSR count). The summed E-state index contributed by atoms with van der Waals surface area (Å²) in [5.74, 6) is 0. The van der Waals surface area contributed by atoms with Gasteiger partial charge in [-0.3, -0.25) is 0 Å². The molecule has 0 atom stereocenters. The van der Waals surface area contributed by atoms with E-state index in [-0.39, 0.29) is 10.8 Å². The molecule has 0 radical (unpaired) electrons. The standard InChI is InChI=1S/C11H28O2Si2.C3H8O/c1-9-12-14(5,6)11(3,4)15(7,8)13-10-2;1-3(2)4/h9-10H2,1-8H3;3-4H,1-2H3. The zero-order chi connectivity index (χ0) is 15.9. The highest BCUT2D eigenvalue weighted by atomic mass is 28.4. The van der Waals surface area contributed by atoms with E-state index in [2.05, 4.69) is 53.9 Å². The van der Waals surface area contributed by atoms with Gasteiger partial charge >= 0.3 is 0 Å². The van der Waals surface area contributed by atoms with Crippen LogP contribution in [-0.4, -0.2) is 41.1 Å². The van der Waals surface area contributed by atoms with Crippen molar-refractivity contribution in [2.24, 2.45) is 0 Å². The van der Waals surface area contributed by atoms with Crippen molar-refractivity contribution in [3.05, 3.63) is 0 Å². The highest BCUT2D eigenvalue weighted by Gasteiger charge is 2.53. The van der Waals surface area contributed by atoms with E-state index in [1.54, 1.807) is 13.8 Å². The Hall–Kier alpha value is 0.314. The lowest BCUT2D eigenvalue weighted by Crippen LogP contribution is -2.57. The zero-order valence-corrected chi connectivity index (χ0v) is 16.8. The van der Waals surface area contributed by atoms with Crippen LogP contribution in [-0.2, 0) is 8.85 Å². The van der Waals surface area contributed by atoms with E-state index in [4.69, 9.17) is 14.0 Å². The van der Waals surface area contributed by atoms with Crippen molar-refractivity contribution < 1.29 is 14.0 Å². The largest absolute Gasteiger partial charge is 0.417 e. The highest BCUT2D eigenvalue weighted by Crippen LogP contribution is 2.46. The molecule has 0 aliphatic heterocycles. The lowest BCUT2D eigenvalue weighted by Gasteiger charge is -2.47. The quantitative estimate of drug-likeness (QED) is 0.748. The first-order chi connectivity index (χ1) is 8.35. The molecular weight excluding hydrogens is 272 g/mol. The van der Waals surface area contributed by atoms with Gasteiger partial charge in [0, 0.05) is 24.0 Å². The highest BCUT2D eigenvalue weighted by molar-refractivity contribution is 6.94. The van der Waals surface area contributed by atoms with E-state index in [0.717, 1.165) is 13.2 Å². The van der Waals surface area contributed by atoms with Crippen LogP contribution < -0.4 is 0 Å². The van der Waals surface area contributed by atoms with Gasteiger partial charge in [0.2, 0.25) is 0 Å². The van der Waals surface area contributed by atoms with Gasteiger partial charge in [-0.2, -0.15) is 0 Å². The van der Waals surface area contributed by atoms with Crippen LogP contribution in [0.25, 0.3) is 0 Å². The molecule has 0 saturated carbocycles. The Balaban J connectivity index is 0. The number of aliphatic hydroxyl groups is 1. The number of aliphatic hydroxyl groups excluding tert-OH is 1. The SMILES string of the molecule is CC(C)O.CCO[Si](C)(C)C(C)(C)[Si](C)(C)OCC. The van der Waals surface area contributed by atoms with Crippen molar-refractivity contribution in [3.8, 4) is 0 Å². The molecule has 19 heavy (non-hydrogen) atoms. The van der Waals surface area contributed by atoms with Crippen LogP contribution >= 0.6 is 0 Å². The molecule has 0 heterocycles. The van der Waals surface area contributed by atoms with E-state index in [9.17, 15) is 0 Å². The molecule has 118 valence electrons. The molecule has 0 unspecified atom stereocenters. The van der Waals surface area contributed by atoms with Crippen LogP contribution in [0.4, 0.5) is 0 Å². The summed E-state index contributed by atoms with van der Waals surface area (Å²) in [6.07, 6.45) is -0.167. The fourth-order valence-corrected chi connectivity index (χ4v) is 10.2. The first kappa shape index (κ1) is 21.6. The van der Waals surface area contributed by atoms with Crippen molar-refractivity contribution >= 4 is 16.6 Å². The Bertz CT molecular complexity index is 216. The van der Waals surface area contributed by atoms with Gasteiger partial charge in [-0.15, -0.1) is 0 Å². The Morgan fingerprint density at radius 2 is 1.11 bits per heavy atom. The Kier molecular flexibility index (Phi) is 9.74. The molecule has 0 aromatic heterocycles. The van der Waals surface area contributed by atoms with Crippen molar-refractivity contribution in [1.29, 1.82) is 0 Å². The van der Waals surface area contributed by atoms with Crippen LogP contribution in [0.3, 0.4) is 0 Å². The van der Waals surface area contributed by atoms with Gasteiger partial charge in [-0.1, -0.05) is 13.8 Å². The molecule has 1 N–H and O–H groups in total. The monoisotopic (exact) mass is 308 g/mol. The predicted molar refractivity (Wildman–Crippen MR) is 89.6 cm³/mol. The first-order valence-electron chi connectivity index (χ1n) is 7.31. The van der Waals surface area contributed by atoms with Gasteiger partial charge in [-0.05, 0) is 53.9 Å². The third-order valence-corrected chi connectivity index (χ3v) is 15.7. The van der Waals surface area contributed by atoms with E-state index in [1.807, 2.05) is 0 Å². The fraction of sp³-hybridized carbons (Fsp3) is 1.00. The molecular formula is C14H36O3Si2. The van der Waals surface area contributed by atoms with Crippen LogP contribution in [0.15, 0.2) is 0 Å². The third-order valence-electron chi connectivity index (χ3n) is 4.02. The molecule has 0 fully saturated rings. The van der Waals surface area contributed by atoms with E-state index >= 15 is 0 Å². The smallest absolute Gasteiger partial charge is 0.191 e. The van der Waals surface area contributed by atoms with Crippen molar-refractivity contribution in [3.63, 3.8) is 0 Å². The van der Waals surface area contributed by atoms with E-state index in [0.29, 0.717) is 0 Å². The molecule has 0 aliphatic rings. The molecule has 3 nitrogen and oxygen atoms in total. The summed E-state index contributed by atoms with van der Waals surface area (Å²) in [5, 5.41) is 8.06. The second-order valence-corrected chi connectivity index (χ2v) is 16.2. The molecule has 0 aliphatic carbocycles. The van der Waals surface area contributed by atoms with Crippen LogP contribution in [0.2, 0.25) is 30.8 Å². The Morgan fingerprint density at radius 1 is 0.895 bits per heavy atom. The van der Waals surface area contributed by atoms with Gasteiger partial charge in [0.1, 0.15) is 0 Å². The minimum atomic E-state index is -1.67. The average molecular weight is 309 g/mol. The lowest BCUT2D eigenvalue weighted by molar-refractivity contribution is 0.216. The van der Waals surface area contributed by atoms with Gasteiger partial charge in [0.05, 0.1) is 0 Å². The Morgan fingerprint density at radius 3 is 1.26 bits per heavy atom. The minimum Gasteiger partial charge on any atom is -0.417 e. The zero-order valence-electron chi connectivity index (χ0n) is 14.8. The van der Waals surface area contributed by atoms with Crippen LogP contribution in [0, 0.1) is 0 Å². The van der Waals surface area contributed by atoms with Gasteiger partial charge in [-0.25, -0.2) is 0 Å². The molecule has 0 spiro atoms. The average Bonchev–Trinajstić information content (AvgIpc) is 2.15. The van der Waals surface area contributed by atoms with E-state index in [1.165, 1.54) is 0 Å². The summed E-state index contributed by atoms with van der Waals surface area (Å²) in [4.78, 5) is 0. The number of hydrogen-bond acceptors (Lipinski definition) is 3. The fourth-order valence-electron chi connectivity index (χ4n) is 1.81. The topological polar surface area (TPSA) is 38.7 Å². The number of hydrogen-bond donors (Lipinski definition) is 1. The molecule has 0 saturated heterocycles. The molecule has 5 heteroatoms. The van der Waals surface area contributed by atoms with Crippen molar-refractivity contribution in [2.75, 3.05) is 13.2 Å². The molecule has 0 amide bonds. The van der Waals surface area contributed by atoms with Gasteiger partial charge in [0.15, 0.2) is 16.6 Å². The molecule has 0 bridgehead atoms. The maximum Gasteiger partial charge on any atom is 0.191 e. The van der Waals surface area contributed by atoms with Crippen molar-refractivity contribution in [2.45, 2.75) is 78.5 Å². The summed E-state index contributed by atoms with van der Waals surface area (Å²) >= 11 is 0. The maximum atomic E-state index is 8.06. The number of rotatable bonds is 6. The van der Waals surface area contributed by atoms with Crippen LogP contribution in [0.5, 0.6) is 0 Å². The van der Waals surface area contributed by atoms with Crippen LogP contribution in [0.1, 0.15) is 41.5 Å². The molecule has 0 aromatic carbocycles. The normalized spacial score (nSPS) is 13.3. The minimum absolute atomic E-state index is 0.167. The molecule has 0 aromatic rings. The Labute approximate surface area is 123 Å². The summed E-state index contributed by atoms with van der Waals surface area (Å²) in [6, 6.07) is 0. The summed E-state index contributed by atoms with van der Waals surface area (Å²) in [7, 11) is -3.33. The first-order valence-corrected chi connectivity index (χ1v) is 13.1. The van der Waals surface area contributed by atoms with E-state index < -0.39 is 16.6 Å². The predicted octanol–water partition coefficient (Wildman–Crippen LogP) is 4.18. The van der Waals surface area contributed by atoms with Gasteiger partial charge < -0.3 is 14.0 Å². The summed E-state index contributed by atoms with van der Waals surface area (Å²) in [5.41, 5.74) is 0. The lowest BCUT2D eigenvalue weighted by atomic mass is 10.5.